The maximum Gasteiger partial charge on any atom is 0.338 e. The molecule has 1 aliphatic heterocycles. The van der Waals surface area contributed by atoms with Crippen LogP contribution in [0.5, 0.6) is 0 Å². The van der Waals surface area contributed by atoms with Gasteiger partial charge in [-0.05, 0) is 35.8 Å². The quantitative estimate of drug-likeness (QED) is 0.452. The predicted molar refractivity (Wildman–Crippen MR) is 124 cm³/mol. The highest BCUT2D eigenvalue weighted by Gasteiger charge is 2.41. The molecule has 0 N–H and O–H groups in total. The van der Waals surface area contributed by atoms with Crippen molar-refractivity contribution in [1.29, 1.82) is 0 Å². The van der Waals surface area contributed by atoms with Gasteiger partial charge in [-0.15, -0.1) is 0 Å². The van der Waals surface area contributed by atoms with Gasteiger partial charge >= 0.3 is 5.97 Å². The molecule has 0 saturated carbocycles. The molecule has 1 saturated heterocycles. The van der Waals surface area contributed by atoms with Crippen molar-refractivity contribution in [2.24, 2.45) is 0 Å². The molecule has 1 aliphatic rings. The van der Waals surface area contributed by atoms with E-state index in [1.54, 1.807) is 12.1 Å². The average molecular weight is 426 g/mol. The van der Waals surface area contributed by atoms with Gasteiger partial charge in [-0.1, -0.05) is 69.3 Å². The number of hydrogen-bond donors (Lipinski definition) is 0. The third-order valence-electron chi connectivity index (χ3n) is 6.25. The normalized spacial score (nSPS) is 20.7. The fraction of sp³-hybridized carbons (Fsp3) is 0.480. The molecule has 0 spiro atoms. The van der Waals surface area contributed by atoms with Gasteiger partial charge in [0.1, 0.15) is 6.10 Å². The number of nitrogens with zero attached hydrogens (tertiary/aromatic N) is 1. The molecule has 0 aromatic heterocycles. The van der Waals surface area contributed by atoms with Gasteiger partial charge in [0.2, 0.25) is 0 Å². The lowest BCUT2D eigenvalue weighted by molar-refractivity contribution is -0.0284. The van der Waals surface area contributed by atoms with Crippen LogP contribution in [0.4, 0.5) is 0 Å². The second-order valence-electron chi connectivity index (χ2n) is 9.81. The van der Waals surface area contributed by atoms with Crippen molar-refractivity contribution in [2.45, 2.75) is 64.1 Å². The summed E-state index contributed by atoms with van der Waals surface area (Å²) < 4.78 is 12.7. The molecular weight excluding hydrogens is 390 g/mol. The van der Waals surface area contributed by atoms with E-state index < -0.39 is 8.32 Å². The van der Waals surface area contributed by atoms with Gasteiger partial charge in [0.05, 0.1) is 11.7 Å². The number of carbonyl (C=O) groups excluding carboxylic acids is 1. The Hall–Kier alpha value is -1.95. The number of ether oxygens (including phenoxy) is 1. The van der Waals surface area contributed by atoms with E-state index in [1.165, 1.54) is 5.56 Å². The fourth-order valence-corrected chi connectivity index (χ4v) is 4.98. The van der Waals surface area contributed by atoms with Crippen molar-refractivity contribution < 1.29 is 14.0 Å². The van der Waals surface area contributed by atoms with Crippen molar-refractivity contribution in [2.75, 3.05) is 13.1 Å². The van der Waals surface area contributed by atoms with Gasteiger partial charge in [0, 0.05) is 26.1 Å². The molecule has 2 aromatic rings. The van der Waals surface area contributed by atoms with E-state index in [0.29, 0.717) is 5.56 Å². The number of benzene rings is 2. The molecule has 1 fully saturated rings. The fourth-order valence-electron chi connectivity index (χ4n) is 3.62. The maximum atomic E-state index is 12.7. The van der Waals surface area contributed by atoms with Gasteiger partial charge in [0.25, 0.3) is 0 Å². The van der Waals surface area contributed by atoms with E-state index in [-0.39, 0.29) is 23.2 Å². The Morgan fingerprint density at radius 2 is 1.53 bits per heavy atom. The monoisotopic (exact) mass is 425 g/mol. The van der Waals surface area contributed by atoms with Crippen LogP contribution in [0.15, 0.2) is 60.7 Å². The highest BCUT2D eigenvalue weighted by molar-refractivity contribution is 6.74. The predicted octanol–water partition coefficient (Wildman–Crippen LogP) is 5.51. The zero-order chi connectivity index (χ0) is 21.8. The molecule has 0 aliphatic carbocycles. The lowest BCUT2D eigenvalue weighted by Crippen LogP contribution is -2.53. The Bertz CT molecular complexity index is 817. The highest BCUT2D eigenvalue weighted by Crippen LogP contribution is 2.38. The van der Waals surface area contributed by atoms with Crippen LogP contribution >= 0.6 is 0 Å². The minimum atomic E-state index is -1.91. The van der Waals surface area contributed by atoms with E-state index >= 15 is 0 Å². The van der Waals surface area contributed by atoms with E-state index in [4.69, 9.17) is 9.16 Å². The number of piperidine rings is 1. The van der Waals surface area contributed by atoms with E-state index in [2.05, 4.69) is 63.0 Å². The standard InChI is InChI=1S/C25H35NO3Si/c1-25(2,3)30(4,5)29-23-16-22(28-24(27)21-14-10-7-11-15-21)18-26(19-23)17-20-12-8-6-9-13-20/h6-15,22-23H,16-19H2,1-5H3/t22-,23+/m0/s1. The Labute approximate surface area is 182 Å². The van der Waals surface area contributed by atoms with Crippen molar-refractivity contribution in [1.82, 2.24) is 4.90 Å². The number of hydrogen-bond acceptors (Lipinski definition) is 4. The van der Waals surface area contributed by atoms with Crippen LogP contribution in [-0.2, 0) is 15.7 Å². The smallest absolute Gasteiger partial charge is 0.338 e. The van der Waals surface area contributed by atoms with Crippen LogP contribution in [-0.4, -0.2) is 44.5 Å². The molecule has 1 heterocycles. The van der Waals surface area contributed by atoms with Gasteiger partial charge in [-0.25, -0.2) is 4.79 Å². The molecule has 162 valence electrons. The van der Waals surface area contributed by atoms with Gasteiger partial charge in [-0.2, -0.15) is 0 Å². The third kappa shape index (κ3) is 6.03. The molecule has 2 aromatic carbocycles. The largest absolute Gasteiger partial charge is 0.457 e. The molecule has 0 bridgehead atoms. The first-order valence-corrected chi connectivity index (χ1v) is 13.7. The minimum Gasteiger partial charge on any atom is -0.457 e. The van der Waals surface area contributed by atoms with Crippen molar-refractivity contribution in [3.63, 3.8) is 0 Å². The van der Waals surface area contributed by atoms with Crippen LogP contribution in [0.3, 0.4) is 0 Å². The van der Waals surface area contributed by atoms with E-state index in [1.807, 2.05) is 24.3 Å². The first kappa shape index (κ1) is 22.7. The zero-order valence-corrected chi connectivity index (χ0v) is 19.9. The Balaban J connectivity index is 1.73. The summed E-state index contributed by atoms with van der Waals surface area (Å²) in [5, 5.41) is 0.144. The van der Waals surface area contributed by atoms with Crippen molar-refractivity contribution in [3.05, 3.63) is 71.8 Å². The summed E-state index contributed by atoms with van der Waals surface area (Å²) in [6.45, 7) is 13.8. The number of rotatable bonds is 6. The van der Waals surface area contributed by atoms with Crippen LogP contribution < -0.4 is 0 Å². The molecular formula is C25H35NO3Si. The van der Waals surface area contributed by atoms with Gasteiger partial charge in [-0.3, -0.25) is 4.90 Å². The van der Waals surface area contributed by atoms with Crippen LogP contribution in [0.25, 0.3) is 0 Å². The second kappa shape index (κ2) is 9.46. The molecule has 5 heteroatoms. The van der Waals surface area contributed by atoms with Crippen molar-refractivity contribution >= 4 is 14.3 Å². The lowest BCUT2D eigenvalue weighted by atomic mass is 10.0. The Kier molecular flexibility index (Phi) is 7.16. The zero-order valence-electron chi connectivity index (χ0n) is 18.9. The third-order valence-corrected chi connectivity index (χ3v) is 10.8. The summed E-state index contributed by atoms with van der Waals surface area (Å²) >= 11 is 0. The van der Waals surface area contributed by atoms with Gasteiger partial charge in [0.15, 0.2) is 8.32 Å². The van der Waals surface area contributed by atoms with Crippen molar-refractivity contribution in [3.8, 4) is 0 Å². The number of carbonyl (C=O) groups is 1. The summed E-state index contributed by atoms with van der Waals surface area (Å²) in [7, 11) is -1.91. The lowest BCUT2D eigenvalue weighted by Gasteiger charge is -2.44. The number of likely N-dealkylation sites (tertiary alicyclic amines) is 1. The molecule has 2 atom stereocenters. The first-order chi connectivity index (χ1) is 14.1. The van der Waals surface area contributed by atoms with Crippen LogP contribution in [0, 0.1) is 0 Å². The SMILES string of the molecule is CC(C)(C)[Si](C)(C)O[C@@H]1C[C@H](OC(=O)c2ccccc2)CN(Cc2ccccc2)C1. The maximum absolute atomic E-state index is 12.7. The summed E-state index contributed by atoms with van der Waals surface area (Å²) in [5.41, 5.74) is 1.86. The summed E-state index contributed by atoms with van der Waals surface area (Å²) in [6.07, 6.45) is 0.637. The average Bonchev–Trinajstić information content (AvgIpc) is 2.68. The molecule has 30 heavy (non-hydrogen) atoms. The van der Waals surface area contributed by atoms with E-state index in [9.17, 15) is 4.79 Å². The number of esters is 1. The first-order valence-electron chi connectivity index (χ1n) is 10.8. The molecule has 0 radical (unpaired) electrons. The topological polar surface area (TPSA) is 38.8 Å². The van der Waals surface area contributed by atoms with Crippen LogP contribution in [0.1, 0.15) is 43.1 Å². The molecule has 0 unspecified atom stereocenters. The molecule has 3 rings (SSSR count). The molecule has 0 amide bonds. The minimum absolute atomic E-state index is 0.0666. The summed E-state index contributed by atoms with van der Waals surface area (Å²) in [4.78, 5) is 15.0. The Morgan fingerprint density at radius 1 is 0.967 bits per heavy atom. The van der Waals surface area contributed by atoms with Gasteiger partial charge < -0.3 is 9.16 Å². The molecule has 4 nitrogen and oxygen atoms in total. The van der Waals surface area contributed by atoms with Crippen LogP contribution in [0.2, 0.25) is 18.1 Å². The summed E-state index contributed by atoms with van der Waals surface area (Å²) in [6, 6.07) is 19.7. The van der Waals surface area contributed by atoms with E-state index in [0.717, 1.165) is 26.1 Å². The Morgan fingerprint density at radius 3 is 2.13 bits per heavy atom. The highest BCUT2D eigenvalue weighted by atomic mass is 28.4. The second-order valence-corrected chi connectivity index (χ2v) is 14.6. The summed E-state index contributed by atoms with van der Waals surface area (Å²) in [5.74, 6) is -0.256.